The molecule has 1 amide bonds. The topological polar surface area (TPSA) is 77.2 Å². The van der Waals surface area contributed by atoms with Gasteiger partial charge in [-0.1, -0.05) is 33.8 Å². The number of aromatic nitrogens is 1. The van der Waals surface area contributed by atoms with Crippen molar-refractivity contribution in [3.8, 4) is 16.9 Å². The summed E-state index contributed by atoms with van der Waals surface area (Å²) in [6.45, 7) is 9.56. The number of carbonyl (C=O) groups is 1. The van der Waals surface area contributed by atoms with E-state index in [0.29, 0.717) is 29.9 Å². The number of benzene rings is 1. The molecule has 0 aliphatic rings. The van der Waals surface area contributed by atoms with Crippen molar-refractivity contribution in [2.75, 3.05) is 11.9 Å². The Morgan fingerprint density at radius 1 is 1.09 bits per heavy atom. The summed E-state index contributed by atoms with van der Waals surface area (Å²) in [6, 6.07) is 7.04. The molecule has 0 aliphatic heterocycles. The van der Waals surface area contributed by atoms with Crippen LogP contribution >= 0.6 is 0 Å². The monoisotopic (exact) mass is 451 g/mol. The third kappa shape index (κ3) is 7.82. The van der Waals surface area contributed by atoms with Gasteiger partial charge in [0.2, 0.25) is 5.91 Å². The van der Waals surface area contributed by atoms with Crippen LogP contribution in [-0.2, 0) is 11.0 Å². The van der Waals surface area contributed by atoms with Crippen LogP contribution in [0.2, 0.25) is 0 Å². The van der Waals surface area contributed by atoms with Gasteiger partial charge in [0.25, 0.3) is 0 Å². The maximum absolute atomic E-state index is 13.8. The molecule has 32 heavy (non-hydrogen) atoms. The van der Waals surface area contributed by atoms with E-state index in [0.717, 1.165) is 6.07 Å². The molecule has 1 aromatic heterocycles. The first-order chi connectivity index (χ1) is 14.8. The number of amides is 1. The van der Waals surface area contributed by atoms with E-state index >= 15 is 0 Å². The molecule has 1 heterocycles. The highest BCUT2D eigenvalue weighted by atomic mass is 19.4. The number of ether oxygens (including phenoxy) is 1. The number of nitrogens with one attached hydrogen (secondary N) is 1. The second-order valence-corrected chi connectivity index (χ2v) is 9.33. The lowest BCUT2D eigenvalue weighted by Gasteiger charge is -2.27. The zero-order valence-corrected chi connectivity index (χ0v) is 19.2. The molecule has 0 aliphatic carbocycles. The Bertz CT molecular complexity index is 925. The fraction of sp³-hybridized carbons (Fsp3) is 0.500. The van der Waals surface area contributed by atoms with Crippen LogP contribution in [0, 0.1) is 11.8 Å². The minimum absolute atomic E-state index is 0.0328. The Morgan fingerprint density at radius 3 is 2.34 bits per heavy atom. The Hall–Kier alpha value is -2.61. The second kappa shape index (κ2) is 10.3. The van der Waals surface area contributed by atoms with Crippen molar-refractivity contribution in [1.29, 1.82) is 0 Å². The van der Waals surface area contributed by atoms with E-state index in [1.54, 1.807) is 25.1 Å². The molecule has 2 rings (SSSR count). The average molecular weight is 452 g/mol. The largest absolute Gasteiger partial charge is 0.491 e. The predicted octanol–water partition coefficient (Wildman–Crippen LogP) is 5.89. The standard InChI is InChI=1S/C24H32F3N3O2/c1-15(2)10-22(31)30-21-12-18(8-9-29-21)17-6-7-20(19(11-17)24(25,26)27)32-14-23(5,28)13-16(3)4/h6-9,11-12,15-16H,10,13-14,28H2,1-5H3,(H,29,30,31)/t23-/m0/s1. The van der Waals surface area contributed by atoms with Crippen LogP contribution in [0.25, 0.3) is 11.1 Å². The molecule has 176 valence electrons. The lowest BCUT2D eigenvalue weighted by atomic mass is 9.93. The molecule has 1 aromatic carbocycles. The third-order valence-electron chi connectivity index (χ3n) is 4.67. The van der Waals surface area contributed by atoms with Crippen LogP contribution in [-0.4, -0.2) is 23.0 Å². The van der Waals surface area contributed by atoms with Gasteiger partial charge in [0.15, 0.2) is 0 Å². The van der Waals surface area contributed by atoms with Gasteiger partial charge in [-0.2, -0.15) is 13.2 Å². The quantitative estimate of drug-likeness (QED) is 0.498. The Morgan fingerprint density at radius 2 is 1.75 bits per heavy atom. The first kappa shape index (κ1) is 25.6. The van der Waals surface area contributed by atoms with Crippen LogP contribution in [0.4, 0.5) is 19.0 Å². The van der Waals surface area contributed by atoms with Crippen LogP contribution in [0.5, 0.6) is 5.75 Å². The van der Waals surface area contributed by atoms with Crippen molar-refractivity contribution in [3.05, 3.63) is 42.1 Å². The lowest BCUT2D eigenvalue weighted by molar-refractivity contribution is -0.139. The molecular weight excluding hydrogens is 419 g/mol. The smallest absolute Gasteiger partial charge is 0.419 e. The normalized spacial score (nSPS) is 13.8. The first-order valence-electron chi connectivity index (χ1n) is 10.7. The number of pyridine rings is 1. The highest BCUT2D eigenvalue weighted by Gasteiger charge is 2.35. The summed E-state index contributed by atoms with van der Waals surface area (Å²) in [7, 11) is 0. The minimum Gasteiger partial charge on any atom is -0.491 e. The zero-order valence-electron chi connectivity index (χ0n) is 19.2. The number of nitrogens with two attached hydrogens (primary N) is 1. The summed E-state index contributed by atoms with van der Waals surface area (Å²) in [5, 5.41) is 2.68. The van der Waals surface area contributed by atoms with Crippen LogP contribution < -0.4 is 15.8 Å². The Balaban J connectivity index is 2.29. The maximum Gasteiger partial charge on any atom is 0.419 e. The molecule has 3 N–H and O–H groups in total. The SMILES string of the molecule is CC(C)CC(=O)Nc1cc(-c2ccc(OC[C@@](C)(N)CC(C)C)c(C(F)(F)F)c2)ccn1. The van der Waals surface area contributed by atoms with Crippen molar-refractivity contribution in [2.24, 2.45) is 17.6 Å². The molecule has 0 spiro atoms. The van der Waals surface area contributed by atoms with Crippen molar-refractivity contribution < 1.29 is 22.7 Å². The lowest BCUT2D eigenvalue weighted by Crippen LogP contribution is -2.43. The van der Waals surface area contributed by atoms with E-state index in [1.165, 1.54) is 12.3 Å². The van der Waals surface area contributed by atoms with Crippen LogP contribution in [0.15, 0.2) is 36.5 Å². The number of alkyl halides is 3. The summed E-state index contributed by atoms with van der Waals surface area (Å²) < 4.78 is 46.8. The number of hydrogen-bond acceptors (Lipinski definition) is 4. The number of hydrogen-bond donors (Lipinski definition) is 2. The molecule has 0 radical (unpaired) electrons. The zero-order chi connectivity index (χ0) is 24.1. The average Bonchev–Trinajstić information content (AvgIpc) is 2.64. The van der Waals surface area contributed by atoms with Gasteiger partial charge in [-0.05, 0) is 60.6 Å². The number of rotatable bonds is 9. The van der Waals surface area contributed by atoms with E-state index in [1.807, 2.05) is 27.7 Å². The minimum atomic E-state index is -4.60. The van der Waals surface area contributed by atoms with Crippen molar-refractivity contribution in [2.45, 2.75) is 59.2 Å². The maximum atomic E-state index is 13.8. The fourth-order valence-corrected chi connectivity index (χ4v) is 3.53. The third-order valence-corrected chi connectivity index (χ3v) is 4.67. The van der Waals surface area contributed by atoms with E-state index in [9.17, 15) is 18.0 Å². The van der Waals surface area contributed by atoms with Gasteiger partial charge in [-0.25, -0.2) is 4.98 Å². The molecule has 0 saturated carbocycles. The molecule has 8 heteroatoms. The van der Waals surface area contributed by atoms with Gasteiger partial charge < -0.3 is 15.8 Å². The molecular formula is C24H32F3N3O2. The van der Waals surface area contributed by atoms with Crippen LogP contribution in [0.3, 0.4) is 0 Å². The molecule has 0 unspecified atom stereocenters. The molecule has 1 atom stereocenters. The van der Waals surface area contributed by atoms with Crippen molar-refractivity contribution in [1.82, 2.24) is 4.98 Å². The second-order valence-electron chi connectivity index (χ2n) is 9.33. The molecule has 0 fully saturated rings. The van der Waals surface area contributed by atoms with Crippen molar-refractivity contribution in [3.63, 3.8) is 0 Å². The van der Waals surface area contributed by atoms with Crippen LogP contribution in [0.1, 0.15) is 53.0 Å². The van der Waals surface area contributed by atoms with E-state index in [-0.39, 0.29) is 30.0 Å². The number of carbonyl (C=O) groups excluding carboxylic acids is 1. The van der Waals surface area contributed by atoms with E-state index in [2.05, 4.69) is 10.3 Å². The molecule has 5 nitrogen and oxygen atoms in total. The molecule has 2 aromatic rings. The molecule has 0 saturated heterocycles. The van der Waals surface area contributed by atoms with E-state index in [4.69, 9.17) is 10.5 Å². The van der Waals surface area contributed by atoms with Gasteiger partial charge >= 0.3 is 6.18 Å². The number of anilines is 1. The Kier molecular flexibility index (Phi) is 8.29. The van der Waals surface area contributed by atoms with Gasteiger partial charge in [0.1, 0.15) is 18.2 Å². The van der Waals surface area contributed by atoms with Crippen molar-refractivity contribution >= 4 is 11.7 Å². The number of halogens is 3. The van der Waals surface area contributed by atoms with Gasteiger partial charge in [-0.15, -0.1) is 0 Å². The highest BCUT2D eigenvalue weighted by molar-refractivity contribution is 5.90. The summed E-state index contributed by atoms with van der Waals surface area (Å²) >= 11 is 0. The predicted molar refractivity (Wildman–Crippen MR) is 120 cm³/mol. The summed E-state index contributed by atoms with van der Waals surface area (Å²) in [5.41, 5.74) is 5.40. The summed E-state index contributed by atoms with van der Waals surface area (Å²) in [4.78, 5) is 16.1. The summed E-state index contributed by atoms with van der Waals surface area (Å²) in [5.74, 6) is 0.294. The van der Waals surface area contributed by atoms with Gasteiger partial charge in [-0.3, -0.25) is 4.79 Å². The summed E-state index contributed by atoms with van der Waals surface area (Å²) in [6.07, 6.45) is -2.21. The van der Waals surface area contributed by atoms with Gasteiger partial charge in [0.05, 0.1) is 5.56 Å². The molecule has 0 bridgehead atoms. The fourth-order valence-electron chi connectivity index (χ4n) is 3.53. The Labute approximate surface area is 187 Å². The number of nitrogens with zero attached hydrogens (tertiary/aromatic N) is 1. The highest BCUT2D eigenvalue weighted by Crippen LogP contribution is 2.39. The van der Waals surface area contributed by atoms with E-state index < -0.39 is 17.3 Å². The first-order valence-corrected chi connectivity index (χ1v) is 10.7. The van der Waals surface area contributed by atoms with Gasteiger partial charge in [0, 0.05) is 18.2 Å².